The molecule has 41 heavy (non-hydrogen) atoms. The molecule has 14 unspecified atom stereocenters. The molecule has 3 aliphatic rings. The summed E-state index contributed by atoms with van der Waals surface area (Å²) in [6.07, 6.45) is -0.114. The molecule has 0 aromatic rings. The average Bonchev–Trinajstić information content (AvgIpc) is 2.93. The molecule has 0 bridgehead atoms. The van der Waals surface area contributed by atoms with Crippen molar-refractivity contribution in [1.29, 1.82) is 0 Å². The summed E-state index contributed by atoms with van der Waals surface area (Å²) in [5.41, 5.74) is 25.8. The third-order valence-corrected chi connectivity index (χ3v) is 8.87. The van der Waals surface area contributed by atoms with Crippen molar-refractivity contribution in [2.75, 3.05) is 20.2 Å². The van der Waals surface area contributed by atoms with Gasteiger partial charge in [-0.1, -0.05) is 33.2 Å². The Balaban J connectivity index is 1.75. The normalized spacial score (nSPS) is 40.9. The number of aliphatic hydroxyl groups excluding tert-OH is 1. The number of nitrogens with two attached hydrogens (primary N) is 4. The zero-order chi connectivity index (χ0) is 30.4. The SMILES string of the molecule is [B]C(C)C(C)C(=C)NC1CC(N)C(OC2OC(CN=C(N)C(C)N)CCC2N)C(C)C1OC1CC(NC)C(O)CO1. The number of hydrogen-bond donors (Lipinski definition) is 7. The van der Waals surface area contributed by atoms with Crippen LogP contribution in [-0.2, 0) is 18.9 Å². The minimum absolute atomic E-state index is 0.0513. The summed E-state index contributed by atoms with van der Waals surface area (Å²) in [5, 5.41) is 17.0. The Morgan fingerprint density at radius 3 is 2.46 bits per heavy atom. The molecule has 0 spiro atoms. The number of nitrogens with one attached hydrogen (secondary N) is 2. The number of aliphatic hydroxyl groups is 1. The first-order valence-corrected chi connectivity index (χ1v) is 15.0. The fraction of sp³-hybridized carbons (Fsp3) is 0.893. The first-order chi connectivity index (χ1) is 19.3. The number of rotatable bonds is 12. The van der Waals surface area contributed by atoms with Crippen molar-refractivity contribution < 1.29 is 24.1 Å². The second-order valence-corrected chi connectivity index (χ2v) is 12.3. The van der Waals surface area contributed by atoms with Crippen LogP contribution in [0.25, 0.3) is 0 Å². The maximum absolute atomic E-state index is 10.3. The van der Waals surface area contributed by atoms with E-state index in [1.54, 1.807) is 6.92 Å². The van der Waals surface area contributed by atoms with Crippen LogP contribution in [0.3, 0.4) is 0 Å². The summed E-state index contributed by atoms with van der Waals surface area (Å²) in [7, 11) is 7.98. The van der Waals surface area contributed by atoms with Crippen molar-refractivity contribution in [1.82, 2.24) is 10.6 Å². The van der Waals surface area contributed by atoms with Gasteiger partial charge < -0.3 is 57.6 Å². The van der Waals surface area contributed by atoms with Crippen LogP contribution in [0.1, 0.15) is 53.4 Å². The van der Waals surface area contributed by atoms with Crippen LogP contribution in [0, 0.1) is 11.8 Å². The van der Waals surface area contributed by atoms with E-state index in [4.69, 9.17) is 49.7 Å². The van der Waals surface area contributed by atoms with Crippen molar-refractivity contribution in [3.05, 3.63) is 12.3 Å². The largest absolute Gasteiger partial charge is 0.389 e. The molecule has 0 aromatic heterocycles. The molecular weight excluding hydrogens is 525 g/mol. The highest BCUT2D eigenvalue weighted by molar-refractivity contribution is 6.11. The third-order valence-electron chi connectivity index (χ3n) is 8.87. The smallest absolute Gasteiger partial charge is 0.173 e. The standard InChI is InChI=1S/C28H54BN7O5/c1-13(15(3)29)17(5)36-22-9-20(32)25(14(2)26(22)40-24-10-21(34-6)23(37)12-38-24)41-28-19(31)8-7-18(39-28)11-35-27(33)16(4)30/h13-16,18-26,28,34,36-37H,5,7-12,30-32H2,1-4,6H3,(H2,33,35). The monoisotopic (exact) mass is 579 g/mol. The van der Waals surface area contributed by atoms with Crippen LogP contribution in [0.5, 0.6) is 0 Å². The highest BCUT2D eigenvalue weighted by atomic mass is 16.7. The predicted molar refractivity (Wildman–Crippen MR) is 161 cm³/mol. The molecule has 13 heteroatoms. The molecule has 0 amide bonds. The van der Waals surface area contributed by atoms with Gasteiger partial charge >= 0.3 is 0 Å². The van der Waals surface area contributed by atoms with E-state index in [1.807, 2.05) is 20.9 Å². The minimum Gasteiger partial charge on any atom is -0.389 e. The topological polar surface area (TPSA) is 198 Å². The lowest BCUT2D eigenvalue weighted by Crippen LogP contribution is -2.63. The van der Waals surface area contributed by atoms with Gasteiger partial charge in [0.2, 0.25) is 0 Å². The molecule has 2 radical (unpaired) electrons. The highest BCUT2D eigenvalue weighted by Crippen LogP contribution is 2.35. The van der Waals surface area contributed by atoms with Gasteiger partial charge in [-0.15, -0.1) is 0 Å². The quantitative estimate of drug-likeness (QED) is 0.0889. The molecule has 0 aromatic carbocycles. The number of likely N-dealkylation sites (N-methyl/N-ethyl adjacent to an activating group) is 1. The number of aliphatic imine (C=N–C) groups is 1. The van der Waals surface area contributed by atoms with E-state index >= 15 is 0 Å². The molecule has 2 heterocycles. The Bertz CT molecular complexity index is 868. The summed E-state index contributed by atoms with van der Waals surface area (Å²) in [4.78, 5) is 4.38. The van der Waals surface area contributed by atoms with Gasteiger partial charge in [-0.05, 0) is 39.2 Å². The minimum atomic E-state index is -0.646. The van der Waals surface area contributed by atoms with Crippen LogP contribution in [0.15, 0.2) is 17.3 Å². The number of amidine groups is 1. The van der Waals surface area contributed by atoms with E-state index < -0.39 is 18.7 Å². The molecular formula is C28H54BN7O5. The van der Waals surface area contributed by atoms with E-state index in [9.17, 15) is 5.11 Å². The molecule has 234 valence electrons. The van der Waals surface area contributed by atoms with Gasteiger partial charge in [-0.2, -0.15) is 0 Å². The zero-order valence-corrected chi connectivity index (χ0v) is 25.4. The molecule has 3 fully saturated rings. The van der Waals surface area contributed by atoms with Gasteiger partial charge in [-0.25, -0.2) is 0 Å². The van der Waals surface area contributed by atoms with E-state index in [0.29, 0.717) is 25.2 Å². The van der Waals surface area contributed by atoms with Crippen molar-refractivity contribution in [2.24, 2.45) is 39.8 Å². The van der Waals surface area contributed by atoms with Gasteiger partial charge in [0.25, 0.3) is 0 Å². The second kappa shape index (κ2) is 15.4. The fourth-order valence-electron chi connectivity index (χ4n) is 5.76. The molecule has 11 N–H and O–H groups in total. The van der Waals surface area contributed by atoms with E-state index in [-0.39, 0.29) is 72.8 Å². The lowest BCUT2D eigenvalue weighted by molar-refractivity contribution is -0.266. The summed E-state index contributed by atoms with van der Waals surface area (Å²) in [5.74, 6) is 0.224. The van der Waals surface area contributed by atoms with Crippen molar-refractivity contribution >= 4 is 13.7 Å². The number of allylic oxidation sites excluding steroid dienone is 1. The summed E-state index contributed by atoms with van der Waals surface area (Å²) in [6, 6.07) is -1.23. The first kappa shape index (κ1) is 34.2. The van der Waals surface area contributed by atoms with E-state index in [0.717, 1.165) is 18.5 Å². The van der Waals surface area contributed by atoms with Gasteiger partial charge in [0.15, 0.2) is 12.6 Å². The highest BCUT2D eigenvalue weighted by Gasteiger charge is 2.47. The maximum Gasteiger partial charge on any atom is 0.173 e. The summed E-state index contributed by atoms with van der Waals surface area (Å²) >= 11 is 0. The number of nitrogens with zero attached hydrogens (tertiary/aromatic N) is 1. The zero-order valence-electron chi connectivity index (χ0n) is 25.4. The number of hydrogen-bond acceptors (Lipinski definition) is 11. The number of ether oxygens (including phenoxy) is 4. The van der Waals surface area contributed by atoms with Gasteiger partial charge in [0.05, 0.1) is 63.5 Å². The molecule has 2 aliphatic heterocycles. The van der Waals surface area contributed by atoms with Gasteiger partial charge in [-0.3, -0.25) is 4.99 Å². The predicted octanol–water partition coefficient (Wildman–Crippen LogP) is -0.559. The molecule has 12 nitrogen and oxygen atoms in total. The lowest BCUT2D eigenvalue weighted by atomic mass is 9.76. The molecule has 2 saturated heterocycles. The van der Waals surface area contributed by atoms with E-state index in [2.05, 4.69) is 29.1 Å². The Hall–Kier alpha value is -1.29. The first-order valence-electron chi connectivity index (χ1n) is 15.0. The summed E-state index contributed by atoms with van der Waals surface area (Å²) in [6.45, 7) is 12.7. The maximum atomic E-state index is 10.3. The van der Waals surface area contributed by atoms with Crippen LogP contribution in [0.2, 0.25) is 5.82 Å². The fourth-order valence-corrected chi connectivity index (χ4v) is 5.76. The molecule has 3 rings (SSSR count). The van der Waals surface area contributed by atoms with Crippen LogP contribution in [0.4, 0.5) is 0 Å². The molecule has 1 aliphatic carbocycles. The molecule has 14 atom stereocenters. The van der Waals surface area contributed by atoms with E-state index in [1.165, 1.54) is 0 Å². The van der Waals surface area contributed by atoms with Crippen molar-refractivity contribution in [3.63, 3.8) is 0 Å². The van der Waals surface area contributed by atoms with Crippen LogP contribution >= 0.6 is 0 Å². The average molecular weight is 580 g/mol. The lowest BCUT2D eigenvalue weighted by Gasteiger charge is -2.48. The van der Waals surface area contributed by atoms with Gasteiger partial charge in [0, 0.05) is 30.1 Å². The van der Waals surface area contributed by atoms with Crippen molar-refractivity contribution in [3.8, 4) is 0 Å². The second-order valence-electron chi connectivity index (χ2n) is 12.3. The van der Waals surface area contributed by atoms with Crippen LogP contribution < -0.4 is 33.6 Å². The molecule has 1 saturated carbocycles. The third kappa shape index (κ3) is 9.10. The Morgan fingerprint density at radius 1 is 1.12 bits per heavy atom. The Morgan fingerprint density at radius 2 is 1.83 bits per heavy atom. The van der Waals surface area contributed by atoms with Gasteiger partial charge in [0.1, 0.15) is 5.84 Å². The summed E-state index contributed by atoms with van der Waals surface area (Å²) < 4.78 is 25.3. The Labute approximate surface area is 247 Å². The Kier molecular flexibility index (Phi) is 12.9. The van der Waals surface area contributed by atoms with Crippen molar-refractivity contribution in [2.45, 2.75) is 126 Å². The van der Waals surface area contributed by atoms with Crippen LogP contribution in [-0.4, -0.2) is 106 Å².